The third-order valence-electron chi connectivity index (χ3n) is 5.31. The first-order valence-corrected chi connectivity index (χ1v) is 10.2. The Morgan fingerprint density at radius 2 is 1.13 bits per heavy atom. The van der Waals surface area contributed by atoms with Crippen LogP contribution in [0.1, 0.15) is 28.2 Å². The van der Waals surface area contributed by atoms with Gasteiger partial charge >= 0.3 is 0 Å². The monoisotopic (exact) mass is 391 g/mol. The van der Waals surface area contributed by atoms with Gasteiger partial charge in [0.15, 0.2) is 0 Å². The Labute approximate surface area is 178 Å². The van der Waals surface area contributed by atoms with Crippen molar-refractivity contribution < 1.29 is 4.79 Å². The lowest BCUT2D eigenvalue weighted by atomic mass is 9.89. The van der Waals surface area contributed by atoms with Crippen molar-refractivity contribution >= 4 is 11.6 Å². The molecule has 1 amide bonds. The van der Waals surface area contributed by atoms with Crippen LogP contribution in [0, 0.1) is 6.92 Å². The molecule has 4 aromatic rings. The quantitative estimate of drug-likeness (QED) is 0.374. The van der Waals surface area contributed by atoms with Gasteiger partial charge in [-0.2, -0.15) is 0 Å². The maximum absolute atomic E-state index is 14.1. The van der Waals surface area contributed by atoms with Crippen LogP contribution in [0.4, 0.5) is 5.69 Å². The molecule has 0 heterocycles. The lowest BCUT2D eigenvalue weighted by molar-refractivity contribution is -0.119. The van der Waals surface area contributed by atoms with Crippen LogP contribution in [0.15, 0.2) is 115 Å². The summed E-state index contributed by atoms with van der Waals surface area (Å²) in [4.78, 5) is 16.0. The van der Waals surface area contributed by atoms with E-state index in [1.54, 1.807) is 0 Å². The average molecular weight is 392 g/mol. The summed E-state index contributed by atoms with van der Waals surface area (Å²) in [6.07, 6.45) is 0. The maximum atomic E-state index is 14.1. The molecule has 0 unspecified atom stereocenters. The summed E-state index contributed by atoms with van der Waals surface area (Å²) in [6, 6.07) is 38.4. The normalized spacial score (nSPS) is 10.7. The van der Waals surface area contributed by atoms with Gasteiger partial charge in [0.1, 0.15) is 0 Å². The number of hydrogen-bond donors (Lipinski definition) is 0. The second-order valence-electron chi connectivity index (χ2n) is 7.50. The maximum Gasteiger partial charge on any atom is 0.239 e. The topological polar surface area (TPSA) is 20.3 Å². The summed E-state index contributed by atoms with van der Waals surface area (Å²) in [7, 11) is 0. The molecule has 0 spiro atoms. The van der Waals surface area contributed by atoms with Crippen molar-refractivity contribution in [1.82, 2.24) is 0 Å². The molecule has 2 heteroatoms. The SMILES string of the molecule is Cc1ccc(N(Cc2ccccc2)C(=O)C(c2ccccc2)c2ccccc2)cc1. The van der Waals surface area contributed by atoms with E-state index < -0.39 is 0 Å². The number of hydrogen-bond acceptors (Lipinski definition) is 1. The summed E-state index contributed by atoms with van der Waals surface area (Å²) in [5.74, 6) is -0.294. The summed E-state index contributed by atoms with van der Waals surface area (Å²) < 4.78 is 0. The molecule has 30 heavy (non-hydrogen) atoms. The predicted molar refractivity (Wildman–Crippen MR) is 124 cm³/mol. The summed E-state index contributed by atoms with van der Waals surface area (Å²) in [5.41, 5.74) is 5.18. The van der Waals surface area contributed by atoms with Crippen LogP contribution in [0.3, 0.4) is 0 Å². The third kappa shape index (κ3) is 4.49. The Hall–Kier alpha value is -3.65. The van der Waals surface area contributed by atoms with E-state index >= 15 is 0 Å². The van der Waals surface area contributed by atoms with Crippen LogP contribution < -0.4 is 4.90 Å². The molecule has 0 aromatic heterocycles. The van der Waals surface area contributed by atoms with Crippen molar-refractivity contribution in [3.63, 3.8) is 0 Å². The van der Waals surface area contributed by atoms with Gasteiger partial charge in [0.2, 0.25) is 5.91 Å². The molecule has 0 aliphatic heterocycles. The second kappa shape index (κ2) is 9.23. The molecule has 2 nitrogen and oxygen atoms in total. The van der Waals surface area contributed by atoms with Crippen LogP contribution in [0.5, 0.6) is 0 Å². The van der Waals surface area contributed by atoms with Gasteiger partial charge in [-0.25, -0.2) is 0 Å². The second-order valence-corrected chi connectivity index (χ2v) is 7.50. The summed E-state index contributed by atoms with van der Waals surface area (Å²) in [6.45, 7) is 2.59. The fourth-order valence-electron chi connectivity index (χ4n) is 3.71. The smallest absolute Gasteiger partial charge is 0.239 e. The Bertz CT molecular complexity index is 1030. The number of nitrogens with zero attached hydrogens (tertiary/aromatic N) is 1. The summed E-state index contributed by atoms with van der Waals surface area (Å²) in [5, 5.41) is 0. The molecule has 0 aliphatic rings. The first-order chi connectivity index (χ1) is 14.7. The summed E-state index contributed by atoms with van der Waals surface area (Å²) >= 11 is 0. The van der Waals surface area contributed by atoms with Crippen LogP contribution in [0.2, 0.25) is 0 Å². The molecular formula is C28H25NO. The third-order valence-corrected chi connectivity index (χ3v) is 5.31. The van der Waals surface area contributed by atoms with Crippen molar-refractivity contribution in [2.45, 2.75) is 19.4 Å². The van der Waals surface area contributed by atoms with Crippen molar-refractivity contribution in [3.8, 4) is 0 Å². The van der Waals surface area contributed by atoms with Crippen LogP contribution in [0.25, 0.3) is 0 Å². The minimum Gasteiger partial charge on any atom is -0.307 e. The molecule has 4 aromatic carbocycles. The number of carbonyl (C=O) groups is 1. The number of rotatable bonds is 6. The van der Waals surface area contributed by atoms with Gasteiger partial charge in [-0.05, 0) is 35.7 Å². The van der Waals surface area contributed by atoms with E-state index in [4.69, 9.17) is 0 Å². The molecule has 0 fully saturated rings. The molecule has 0 bridgehead atoms. The van der Waals surface area contributed by atoms with Crippen LogP contribution in [-0.2, 0) is 11.3 Å². The molecule has 0 aliphatic carbocycles. The standard InChI is InChI=1S/C28H25NO/c1-22-17-19-26(20-18-22)29(21-23-11-5-2-6-12-23)28(30)27(24-13-7-3-8-14-24)25-15-9-4-10-16-25/h2-20,27H,21H2,1H3. The molecular weight excluding hydrogens is 366 g/mol. The Kier molecular flexibility index (Phi) is 6.05. The highest BCUT2D eigenvalue weighted by atomic mass is 16.2. The van der Waals surface area contributed by atoms with Crippen molar-refractivity contribution in [2.75, 3.05) is 4.90 Å². The van der Waals surface area contributed by atoms with Crippen LogP contribution >= 0.6 is 0 Å². The Morgan fingerprint density at radius 3 is 1.63 bits per heavy atom. The number of benzene rings is 4. The fraction of sp³-hybridized carbons (Fsp3) is 0.107. The lowest BCUT2D eigenvalue weighted by Crippen LogP contribution is -2.35. The first-order valence-electron chi connectivity index (χ1n) is 10.2. The average Bonchev–Trinajstić information content (AvgIpc) is 2.80. The van der Waals surface area contributed by atoms with Gasteiger partial charge in [0.25, 0.3) is 0 Å². The Morgan fingerprint density at radius 1 is 0.667 bits per heavy atom. The van der Waals surface area contributed by atoms with E-state index in [0.29, 0.717) is 6.54 Å². The van der Waals surface area contributed by atoms with E-state index in [2.05, 4.69) is 31.2 Å². The van der Waals surface area contributed by atoms with Gasteiger partial charge in [-0.15, -0.1) is 0 Å². The zero-order valence-electron chi connectivity index (χ0n) is 17.1. The van der Waals surface area contributed by atoms with Gasteiger partial charge in [-0.1, -0.05) is 109 Å². The first kappa shape index (κ1) is 19.7. The molecule has 4 rings (SSSR count). The van der Waals surface area contributed by atoms with Gasteiger partial charge < -0.3 is 4.90 Å². The molecule has 0 radical (unpaired) electrons. The van der Waals surface area contributed by atoms with Gasteiger partial charge in [-0.3, -0.25) is 4.79 Å². The zero-order chi connectivity index (χ0) is 20.8. The number of amides is 1. The molecule has 0 saturated heterocycles. The molecule has 148 valence electrons. The van der Waals surface area contributed by atoms with Gasteiger partial charge in [0.05, 0.1) is 12.5 Å². The van der Waals surface area contributed by atoms with Gasteiger partial charge in [0, 0.05) is 5.69 Å². The van der Waals surface area contributed by atoms with Crippen molar-refractivity contribution in [3.05, 3.63) is 138 Å². The molecule has 0 atom stereocenters. The van der Waals surface area contributed by atoms with E-state index in [9.17, 15) is 4.79 Å². The largest absolute Gasteiger partial charge is 0.307 e. The fourth-order valence-corrected chi connectivity index (χ4v) is 3.71. The highest BCUT2D eigenvalue weighted by Gasteiger charge is 2.28. The minimum absolute atomic E-state index is 0.0695. The zero-order valence-corrected chi connectivity index (χ0v) is 17.1. The highest BCUT2D eigenvalue weighted by Crippen LogP contribution is 2.30. The van der Waals surface area contributed by atoms with Crippen LogP contribution in [-0.4, -0.2) is 5.91 Å². The Balaban J connectivity index is 1.78. The lowest BCUT2D eigenvalue weighted by Gasteiger charge is -2.28. The van der Waals surface area contributed by atoms with E-state index in [1.165, 1.54) is 5.56 Å². The van der Waals surface area contributed by atoms with E-state index in [0.717, 1.165) is 22.4 Å². The van der Waals surface area contributed by atoms with E-state index in [-0.39, 0.29) is 11.8 Å². The van der Waals surface area contributed by atoms with Crippen molar-refractivity contribution in [1.29, 1.82) is 0 Å². The van der Waals surface area contributed by atoms with Crippen molar-refractivity contribution in [2.24, 2.45) is 0 Å². The molecule has 0 N–H and O–H groups in total. The molecule has 0 saturated carbocycles. The minimum atomic E-state index is -0.364. The number of anilines is 1. The van der Waals surface area contributed by atoms with E-state index in [1.807, 2.05) is 95.9 Å². The number of aryl methyl sites for hydroxylation is 1. The number of carbonyl (C=O) groups excluding carboxylic acids is 1. The predicted octanol–water partition coefficient (Wildman–Crippen LogP) is 6.36. The highest BCUT2D eigenvalue weighted by molar-refractivity contribution is 6.00.